The van der Waals surface area contributed by atoms with Crippen molar-refractivity contribution in [3.63, 3.8) is 0 Å². The lowest BCUT2D eigenvalue weighted by Crippen LogP contribution is -1.94. The van der Waals surface area contributed by atoms with Gasteiger partial charge in [-0.25, -0.2) is 9.69 Å². The molecule has 0 saturated heterocycles. The first-order valence-corrected chi connectivity index (χ1v) is 18.4. The van der Waals surface area contributed by atoms with Crippen LogP contribution in [-0.2, 0) is 0 Å². The number of hydrogen-bond donors (Lipinski definition) is 0. The van der Waals surface area contributed by atoms with Crippen LogP contribution in [0.25, 0.3) is 114 Å². The molecular formula is C52H29N3. The first-order chi connectivity index (χ1) is 27.2. The second-order valence-electron chi connectivity index (χ2n) is 14.1. The van der Waals surface area contributed by atoms with E-state index in [0.717, 1.165) is 38.6 Å². The normalized spacial score (nSPS) is 11.6. The van der Waals surface area contributed by atoms with Gasteiger partial charge in [0.1, 0.15) is 0 Å². The Labute approximate surface area is 317 Å². The maximum Gasteiger partial charge on any atom is 0.195 e. The summed E-state index contributed by atoms with van der Waals surface area (Å²) in [4.78, 5) is 7.55. The van der Waals surface area contributed by atoms with Gasteiger partial charge in [0.25, 0.3) is 0 Å². The molecule has 0 bridgehead atoms. The van der Waals surface area contributed by atoms with Gasteiger partial charge in [0, 0.05) is 16.5 Å². The second-order valence-corrected chi connectivity index (χ2v) is 14.1. The van der Waals surface area contributed by atoms with E-state index in [1.807, 2.05) is 18.2 Å². The van der Waals surface area contributed by atoms with Gasteiger partial charge in [-0.2, -0.15) is 0 Å². The fraction of sp³-hybridized carbons (Fsp3) is 0. The fourth-order valence-corrected chi connectivity index (χ4v) is 9.11. The predicted molar refractivity (Wildman–Crippen MR) is 231 cm³/mol. The van der Waals surface area contributed by atoms with E-state index in [9.17, 15) is 0 Å². The molecule has 0 saturated carbocycles. The lowest BCUT2D eigenvalue weighted by Gasteiger charge is -2.20. The number of rotatable bonds is 4. The van der Waals surface area contributed by atoms with Crippen molar-refractivity contribution in [2.75, 3.05) is 0 Å². The summed E-state index contributed by atoms with van der Waals surface area (Å²) in [5.41, 5.74) is 11.7. The molecule has 11 aromatic rings. The highest BCUT2D eigenvalue weighted by Gasteiger charge is 2.24. The van der Waals surface area contributed by atoms with Crippen LogP contribution in [-0.4, -0.2) is 4.57 Å². The molecule has 55 heavy (non-hydrogen) atoms. The summed E-state index contributed by atoms with van der Waals surface area (Å²) in [5, 5.41) is 11.6. The summed E-state index contributed by atoms with van der Waals surface area (Å²) in [5.74, 6) is 0. The lowest BCUT2D eigenvalue weighted by molar-refractivity contribution is 1.18. The van der Waals surface area contributed by atoms with Crippen LogP contribution in [0.4, 0.5) is 11.4 Å². The van der Waals surface area contributed by atoms with Crippen molar-refractivity contribution in [1.82, 2.24) is 4.57 Å². The van der Waals surface area contributed by atoms with Gasteiger partial charge >= 0.3 is 0 Å². The van der Waals surface area contributed by atoms with Gasteiger partial charge in [-0.05, 0) is 101 Å². The third-order valence-corrected chi connectivity index (χ3v) is 11.4. The van der Waals surface area contributed by atoms with Crippen LogP contribution < -0.4 is 0 Å². The Balaban J connectivity index is 1.23. The quantitative estimate of drug-likeness (QED) is 0.0988. The molecule has 252 valence electrons. The van der Waals surface area contributed by atoms with E-state index in [1.165, 1.54) is 65.3 Å². The minimum Gasteiger partial charge on any atom is -0.309 e. The van der Waals surface area contributed by atoms with E-state index in [-0.39, 0.29) is 0 Å². The van der Waals surface area contributed by atoms with Gasteiger partial charge in [-0.15, -0.1) is 0 Å². The second kappa shape index (κ2) is 11.9. The predicted octanol–water partition coefficient (Wildman–Crippen LogP) is 14.9. The molecule has 0 fully saturated rings. The Morgan fingerprint density at radius 3 is 1.42 bits per heavy atom. The Bertz CT molecular complexity index is 3370. The highest BCUT2D eigenvalue weighted by atomic mass is 15.0. The highest BCUT2D eigenvalue weighted by molar-refractivity contribution is 6.31. The minimum atomic E-state index is 0.641. The van der Waals surface area contributed by atoms with Crippen LogP contribution in [0.1, 0.15) is 0 Å². The number of nitrogens with zero attached hydrogens (tertiary/aromatic N) is 3. The Hall–Kier alpha value is -7.72. The molecule has 1 heterocycles. The minimum absolute atomic E-state index is 0.641. The number of benzene rings is 10. The number of para-hydroxylation sites is 1. The Kier molecular flexibility index (Phi) is 6.68. The van der Waals surface area contributed by atoms with E-state index in [0.29, 0.717) is 11.4 Å². The molecule has 3 heteroatoms. The molecular weight excluding hydrogens is 667 g/mol. The third-order valence-electron chi connectivity index (χ3n) is 11.4. The average molecular weight is 696 g/mol. The van der Waals surface area contributed by atoms with E-state index >= 15 is 0 Å². The smallest absolute Gasteiger partial charge is 0.195 e. The zero-order valence-electron chi connectivity index (χ0n) is 29.6. The van der Waals surface area contributed by atoms with Gasteiger partial charge in [0.05, 0.1) is 24.2 Å². The molecule has 0 aliphatic carbocycles. The number of hydrogen-bond acceptors (Lipinski definition) is 0. The van der Waals surface area contributed by atoms with Crippen molar-refractivity contribution >= 4 is 76.3 Å². The zero-order valence-corrected chi connectivity index (χ0v) is 29.6. The molecule has 0 amide bonds. The fourth-order valence-electron chi connectivity index (χ4n) is 9.11. The molecule has 0 unspecified atom stereocenters. The van der Waals surface area contributed by atoms with Crippen molar-refractivity contribution in [3.05, 3.63) is 199 Å². The first kappa shape index (κ1) is 30.9. The molecule has 1 aromatic heterocycles. The summed E-state index contributed by atoms with van der Waals surface area (Å²) in [7, 11) is 0. The van der Waals surface area contributed by atoms with Gasteiger partial charge in [-0.3, -0.25) is 0 Å². The molecule has 0 spiro atoms. The van der Waals surface area contributed by atoms with Crippen molar-refractivity contribution in [2.45, 2.75) is 0 Å². The van der Waals surface area contributed by atoms with Gasteiger partial charge in [-0.1, -0.05) is 152 Å². The first-order valence-electron chi connectivity index (χ1n) is 18.4. The zero-order chi connectivity index (χ0) is 36.6. The largest absolute Gasteiger partial charge is 0.309 e. The summed E-state index contributed by atoms with van der Waals surface area (Å²) in [6, 6.07) is 62.4. The topological polar surface area (TPSA) is 13.7 Å². The van der Waals surface area contributed by atoms with E-state index in [2.05, 4.69) is 172 Å². The molecule has 11 rings (SSSR count). The molecule has 0 aliphatic rings. The third kappa shape index (κ3) is 4.42. The maximum absolute atomic E-state index is 8.01. The van der Waals surface area contributed by atoms with Crippen molar-refractivity contribution < 1.29 is 0 Å². The standard InChI is InChI=1S/C52H29N3/c1-53-33-22-20-32(21-23-33)35-24-25-42(37-15-7-6-14-36(35)37)49-38-16-8-10-18-40(38)50(41-19-11-9-17-39(41)49)43-28-30-47-51-44(43)26-27-45-46(54-2)29-31-48(52(45)51)55(47)34-12-4-3-5-13-34/h3-31H. The monoisotopic (exact) mass is 695 g/mol. The van der Waals surface area contributed by atoms with Gasteiger partial charge < -0.3 is 4.57 Å². The van der Waals surface area contributed by atoms with Crippen LogP contribution in [0.15, 0.2) is 176 Å². The average Bonchev–Trinajstić information content (AvgIpc) is 3.60. The molecule has 0 atom stereocenters. The highest BCUT2D eigenvalue weighted by Crippen LogP contribution is 2.50. The summed E-state index contributed by atoms with van der Waals surface area (Å²) < 4.78 is 2.34. The maximum atomic E-state index is 8.01. The SMILES string of the molecule is [C-]#[N+]c1ccc(-c2ccc(-c3c4ccccc4c(-c4ccc5c6c4ccc4c([N+]#[C-])ccc(c46)n5-c4ccccc4)c4ccccc34)c3ccccc23)cc1. The van der Waals surface area contributed by atoms with Crippen molar-refractivity contribution in [2.24, 2.45) is 0 Å². The Morgan fingerprint density at radius 2 is 0.818 bits per heavy atom. The summed E-state index contributed by atoms with van der Waals surface area (Å²) >= 11 is 0. The number of fused-ring (bicyclic) bond motifs is 3. The van der Waals surface area contributed by atoms with Crippen LogP contribution in [0, 0.1) is 13.1 Å². The number of aromatic nitrogens is 1. The molecule has 10 aromatic carbocycles. The summed E-state index contributed by atoms with van der Waals surface area (Å²) in [6.45, 7) is 15.4. The molecule has 0 aliphatic heterocycles. The van der Waals surface area contributed by atoms with Gasteiger partial charge in [0.15, 0.2) is 11.4 Å². The van der Waals surface area contributed by atoms with Gasteiger partial charge in [0.2, 0.25) is 0 Å². The van der Waals surface area contributed by atoms with E-state index in [4.69, 9.17) is 13.1 Å². The van der Waals surface area contributed by atoms with Crippen LogP contribution in [0.3, 0.4) is 0 Å². The van der Waals surface area contributed by atoms with Crippen molar-refractivity contribution in [1.29, 1.82) is 0 Å². The molecule has 0 radical (unpaired) electrons. The van der Waals surface area contributed by atoms with Crippen LogP contribution >= 0.6 is 0 Å². The van der Waals surface area contributed by atoms with Crippen LogP contribution in [0.2, 0.25) is 0 Å². The van der Waals surface area contributed by atoms with Crippen LogP contribution in [0.5, 0.6) is 0 Å². The lowest BCUT2D eigenvalue weighted by atomic mass is 9.82. The summed E-state index contributed by atoms with van der Waals surface area (Å²) in [6.07, 6.45) is 0. The molecule has 3 nitrogen and oxygen atoms in total. The van der Waals surface area contributed by atoms with Crippen molar-refractivity contribution in [3.8, 4) is 39.1 Å². The Morgan fingerprint density at radius 1 is 0.345 bits per heavy atom. The van der Waals surface area contributed by atoms with E-state index < -0.39 is 0 Å². The van der Waals surface area contributed by atoms with E-state index in [1.54, 1.807) is 0 Å². The molecule has 0 N–H and O–H groups in total.